The van der Waals surface area contributed by atoms with Gasteiger partial charge in [-0.2, -0.15) is 0 Å². The Morgan fingerprint density at radius 1 is 1.28 bits per heavy atom. The predicted molar refractivity (Wildman–Crippen MR) is 57.5 cm³/mol. The Morgan fingerprint density at radius 3 is 2.44 bits per heavy atom. The van der Waals surface area contributed by atoms with Crippen LogP contribution in [-0.4, -0.2) is 61.8 Å². The van der Waals surface area contributed by atoms with Crippen LogP contribution in [0.4, 0.5) is 0 Å². The molecule has 2 aliphatic rings. The van der Waals surface area contributed by atoms with Crippen LogP contribution in [0.1, 0.15) is 13.8 Å². The van der Waals surface area contributed by atoms with E-state index >= 15 is 0 Å². The van der Waals surface area contributed by atoms with Crippen LogP contribution >= 0.6 is 0 Å². The topological polar surface area (TPSA) is 83.5 Å². The average molecular weight is 262 g/mol. The largest absolute Gasteiger partial charge is 0.467 e. The van der Waals surface area contributed by atoms with Crippen LogP contribution in [0.15, 0.2) is 0 Å². The molecule has 0 spiro atoms. The van der Waals surface area contributed by atoms with Gasteiger partial charge in [-0.3, -0.25) is 0 Å². The van der Waals surface area contributed by atoms with Crippen molar-refractivity contribution in [3.05, 3.63) is 0 Å². The van der Waals surface area contributed by atoms with Crippen LogP contribution in [-0.2, 0) is 28.5 Å². The molecule has 0 amide bonds. The number of esters is 1. The van der Waals surface area contributed by atoms with E-state index in [0.717, 1.165) is 0 Å². The fourth-order valence-electron chi connectivity index (χ4n) is 2.29. The van der Waals surface area contributed by atoms with Crippen molar-refractivity contribution in [2.45, 2.75) is 50.3 Å². The number of hydrogen-bond acceptors (Lipinski definition) is 7. The molecule has 0 aromatic rings. The molecule has 104 valence electrons. The van der Waals surface area contributed by atoms with Crippen molar-refractivity contribution in [2.24, 2.45) is 0 Å². The van der Waals surface area contributed by atoms with Crippen molar-refractivity contribution in [2.75, 3.05) is 14.2 Å². The van der Waals surface area contributed by atoms with E-state index in [1.807, 2.05) is 0 Å². The lowest BCUT2D eigenvalue weighted by Gasteiger charge is -2.25. The van der Waals surface area contributed by atoms with Gasteiger partial charge in [-0.1, -0.05) is 0 Å². The van der Waals surface area contributed by atoms with Gasteiger partial charge in [-0.25, -0.2) is 4.79 Å². The van der Waals surface area contributed by atoms with E-state index in [2.05, 4.69) is 4.74 Å². The Balaban J connectivity index is 2.16. The molecule has 2 aliphatic heterocycles. The van der Waals surface area contributed by atoms with Gasteiger partial charge in [0.15, 0.2) is 18.2 Å². The van der Waals surface area contributed by atoms with Gasteiger partial charge < -0.3 is 28.8 Å². The van der Waals surface area contributed by atoms with Crippen LogP contribution in [0.3, 0.4) is 0 Å². The highest BCUT2D eigenvalue weighted by Gasteiger charge is 2.58. The number of aliphatic hydroxyl groups excluding tert-OH is 1. The number of fused-ring (bicyclic) bond motifs is 1. The minimum Gasteiger partial charge on any atom is -0.467 e. The molecule has 2 heterocycles. The number of methoxy groups -OCH3 is 2. The summed E-state index contributed by atoms with van der Waals surface area (Å²) in [6.07, 6.45) is -4.02. The third kappa shape index (κ3) is 2.24. The van der Waals surface area contributed by atoms with Gasteiger partial charge >= 0.3 is 5.97 Å². The van der Waals surface area contributed by atoms with Gasteiger partial charge in [0.1, 0.15) is 18.3 Å². The number of carbonyl (C=O) groups is 1. The summed E-state index contributed by atoms with van der Waals surface area (Å²) in [7, 11) is 2.66. The van der Waals surface area contributed by atoms with Crippen LogP contribution in [0.2, 0.25) is 0 Å². The average Bonchev–Trinajstić information content (AvgIpc) is 2.80. The number of rotatable bonds is 3. The second-order valence-electron chi connectivity index (χ2n) is 4.74. The highest BCUT2D eigenvalue weighted by molar-refractivity contribution is 5.75. The number of ether oxygens (including phenoxy) is 5. The fraction of sp³-hybridized carbons (Fsp3) is 0.909. The Bertz CT molecular complexity index is 329. The van der Waals surface area contributed by atoms with Gasteiger partial charge in [-0.15, -0.1) is 0 Å². The molecule has 5 atom stereocenters. The molecule has 1 N–H and O–H groups in total. The first-order chi connectivity index (χ1) is 8.39. The summed E-state index contributed by atoms with van der Waals surface area (Å²) in [6.45, 7) is 3.50. The van der Waals surface area contributed by atoms with Crippen molar-refractivity contribution in [3.8, 4) is 0 Å². The summed E-state index contributed by atoms with van der Waals surface area (Å²) in [6, 6.07) is 0. The minimum atomic E-state index is -1.43. The minimum absolute atomic E-state index is 0.477. The lowest BCUT2D eigenvalue weighted by Crippen LogP contribution is -2.43. The van der Waals surface area contributed by atoms with Crippen LogP contribution in [0.25, 0.3) is 0 Å². The maximum Gasteiger partial charge on any atom is 0.337 e. The molecule has 0 aliphatic carbocycles. The van der Waals surface area contributed by atoms with Gasteiger partial charge in [0.05, 0.1) is 7.11 Å². The van der Waals surface area contributed by atoms with Gasteiger partial charge in [0.25, 0.3) is 0 Å². The molecule has 7 nitrogen and oxygen atoms in total. The Hall–Kier alpha value is -0.730. The molecule has 0 unspecified atom stereocenters. The molecule has 7 heteroatoms. The van der Waals surface area contributed by atoms with Crippen molar-refractivity contribution >= 4 is 5.97 Å². The van der Waals surface area contributed by atoms with Gasteiger partial charge in [0, 0.05) is 7.11 Å². The third-order valence-electron chi connectivity index (χ3n) is 3.03. The SMILES string of the molecule is COC(=O)[C@@H](O)[C@H]1O[C@@H](OC)[C@@H]2OC(C)(C)O[C@@H]21. The van der Waals surface area contributed by atoms with E-state index in [4.69, 9.17) is 18.9 Å². The van der Waals surface area contributed by atoms with Crippen molar-refractivity contribution < 1.29 is 33.6 Å². The first kappa shape index (κ1) is 13.7. The summed E-state index contributed by atoms with van der Waals surface area (Å²) in [5, 5.41) is 9.86. The quantitative estimate of drug-likeness (QED) is 0.681. The molecular weight excluding hydrogens is 244 g/mol. The van der Waals surface area contributed by atoms with Crippen LogP contribution in [0.5, 0.6) is 0 Å². The summed E-state index contributed by atoms with van der Waals surface area (Å²) >= 11 is 0. The summed E-state index contributed by atoms with van der Waals surface area (Å²) in [5.41, 5.74) is 0. The monoisotopic (exact) mass is 262 g/mol. The maximum atomic E-state index is 11.4. The number of aliphatic hydroxyl groups is 1. The zero-order valence-corrected chi connectivity index (χ0v) is 10.8. The summed E-state index contributed by atoms with van der Waals surface area (Å²) < 4.78 is 26.3. The Morgan fingerprint density at radius 2 is 1.89 bits per heavy atom. The van der Waals surface area contributed by atoms with E-state index in [1.54, 1.807) is 13.8 Å². The molecule has 0 aromatic heterocycles. The van der Waals surface area contributed by atoms with Crippen LogP contribution in [0, 0.1) is 0 Å². The highest BCUT2D eigenvalue weighted by Crippen LogP contribution is 2.39. The van der Waals surface area contributed by atoms with Gasteiger partial charge in [-0.05, 0) is 13.8 Å². The summed E-state index contributed by atoms with van der Waals surface area (Å²) in [4.78, 5) is 11.4. The Labute approximate surface area is 105 Å². The first-order valence-corrected chi connectivity index (χ1v) is 5.69. The van der Waals surface area contributed by atoms with Crippen LogP contribution < -0.4 is 0 Å². The molecule has 18 heavy (non-hydrogen) atoms. The van der Waals surface area contributed by atoms with E-state index in [0.29, 0.717) is 0 Å². The molecule has 0 saturated carbocycles. The lowest BCUT2D eigenvalue weighted by atomic mass is 10.1. The molecular formula is C11H18O7. The zero-order valence-electron chi connectivity index (χ0n) is 10.8. The van der Waals surface area contributed by atoms with E-state index in [-0.39, 0.29) is 0 Å². The molecule has 2 saturated heterocycles. The number of hydrogen-bond donors (Lipinski definition) is 1. The van der Waals surface area contributed by atoms with E-state index in [9.17, 15) is 9.90 Å². The second-order valence-corrected chi connectivity index (χ2v) is 4.74. The molecule has 0 aromatic carbocycles. The molecule has 0 bridgehead atoms. The van der Waals surface area contributed by atoms with Gasteiger partial charge in [0.2, 0.25) is 0 Å². The standard InChI is InChI=1S/C11H18O7/c1-11(2)17-7-6(5(12)9(13)14-3)16-10(15-4)8(7)18-11/h5-8,10,12H,1-4H3/t5-,6+,7+,8+,10+/m0/s1. The molecule has 0 radical (unpaired) electrons. The van der Waals surface area contributed by atoms with Crippen molar-refractivity contribution in [1.29, 1.82) is 0 Å². The first-order valence-electron chi connectivity index (χ1n) is 5.69. The smallest absolute Gasteiger partial charge is 0.337 e. The molecule has 2 fully saturated rings. The van der Waals surface area contributed by atoms with Crippen molar-refractivity contribution in [3.63, 3.8) is 0 Å². The van der Waals surface area contributed by atoms with Crippen molar-refractivity contribution in [1.82, 2.24) is 0 Å². The maximum absolute atomic E-state index is 11.4. The lowest BCUT2D eigenvalue weighted by molar-refractivity contribution is -0.238. The third-order valence-corrected chi connectivity index (χ3v) is 3.03. The van der Waals surface area contributed by atoms with E-state index in [1.165, 1.54) is 14.2 Å². The fourth-order valence-corrected chi connectivity index (χ4v) is 2.29. The number of carbonyl (C=O) groups excluding carboxylic acids is 1. The second kappa shape index (κ2) is 4.75. The Kier molecular flexibility index (Phi) is 3.61. The van der Waals surface area contributed by atoms with E-state index < -0.39 is 42.5 Å². The zero-order chi connectivity index (χ0) is 13.5. The summed E-state index contributed by atoms with van der Waals surface area (Å²) in [5.74, 6) is -1.58. The normalized spacial score (nSPS) is 39.4. The predicted octanol–water partition coefficient (Wildman–Crippen LogP) is -0.588. The molecule has 2 rings (SSSR count). The highest BCUT2D eigenvalue weighted by atomic mass is 16.8.